The van der Waals surface area contributed by atoms with Crippen LogP contribution in [0.3, 0.4) is 0 Å². The third-order valence-corrected chi connectivity index (χ3v) is 2.76. The summed E-state index contributed by atoms with van der Waals surface area (Å²) in [6, 6.07) is 10.0. The maximum absolute atomic E-state index is 12.6. The summed E-state index contributed by atoms with van der Waals surface area (Å²) in [6.07, 6.45) is -4.35. The molecule has 5 heteroatoms. The molecule has 0 aromatic heterocycles. The van der Waals surface area contributed by atoms with E-state index in [9.17, 15) is 13.2 Å². The van der Waals surface area contributed by atoms with Gasteiger partial charge in [-0.1, -0.05) is 18.2 Å². The van der Waals surface area contributed by atoms with Crippen LogP contribution >= 0.6 is 0 Å². The summed E-state index contributed by atoms with van der Waals surface area (Å²) >= 11 is 0. The van der Waals surface area contributed by atoms with Gasteiger partial charge >= 0.3 is 6.18 Å². The molecule has 0 fully saturated rings. The lowest BCUT2D eigenvalue weighted by Crippen LogP contribution is -2.04. The summed E-state index contributed by atoms with van der Waals surface area (Å²) in [5.41, 5.74) is 6.52. The molecular formula is C14H12F3NO. The van der Waals surface area contributed by atoms with Crippen LogP contribution in [-0.2, 0) is 6.18 Å². The molecule has 0 spiro atoms. The average molecular weight is 267 g/mol. The van der Waals surface area contributed by atoms with E-state index in [-0.39, 0.29) is 0 Å². The Labute approximate surface area is 108 Å². The zero-order valence-corrected chi connectivity index (χ0v) is 10.2. The normalized spacial score (nSPS) is 11.4. The lowest BCUT2D eigenvalue weighted by molar-refractivity contribution is -0.137. The van der Waals surface area contributed by atoms with Crippen molar-refractivity contribution in [3.05, 3.63) is 48.0 Å². The Bertz CT molecular complexity index is 593. The Kier molecular flexibility index (Phi) is 3.38. The van der Waals surface area contributed by atoms with E-state index in [0.29, 0.717) is 22.6 Å². The molecule has 0 unspecified atom stereocenters. The van der Waals surface area contributed by atoms with Crippen LogP contribution in [0, 0.1) is 0 Å². The lowest BCUT2D eigenvalue weighted by Gasteiger charge is -2.10. The maximum Gasteiger partial charge on any atom is 0.416 e. The first kappa shape index (κ1) is 13.3. The first-order chi connectivity index (χ1) is 8.91. The Morgan fingerprint density at radius 2 is 1.68 bits per heavy atom. The number of benzene rings is 2. The summed E-state index contributed by atoms with van der Waals surface area (Å²) in [5.74, 6) is 0.440. The van der Waals surface area contributed by atoms with Gasteiger partial charge in [0.15, 0.2) is 0 Å². The Hall–Kier alpha value is -2.17. The van der Waals surface area contributed by atoms with Gasteiger partial charge in [0.05, 0.1) is 18.4 Å². The monoisotopic (exact) mass is 267 g/mol. The van der Waals surface area contributed by atoms with Crippen LogP contribution in [-0.4, -0.2) is 7.11 Å². The zero-order chi connectivity index (χ0) is 14.0. The number of alkyl halides is 3. The van der Waals surface area contributed by atoms with Crippen LogP contribution in [0.15, 0.2) is 42.5 Å². The van der Waals surface area contributed by atoms with Crippen molar-refractivity contribution in [1.82, 2.24) is 0 Å². The zero-order valence-electron chi connectivity index (χ0n) is 10.2. The molecule has 2 nitrogen and oxygen atoms in total. The van der Waals surface area contributed by atoms with Crippen molar-refractivity contribution >= 4 is 5.69 Å². The fourth-order valence-corrected chi connectivity index (χ4v) is 1.77. The number of halogens is 3. The number of nitrogens with two attached hydrogens (primary N) is 1. The molecule has 0 aliphatic rings. The quantitative estimate of drug-likeness (QED) is 0.836. The molecule has 100 valence electrons. The van der Waals surface area contributed by atoms with Crippen molar-refractivity contribution in [3.8, 4) is 16.9 Å². The number of methoxy groups -OCH3 is 1. The van der Waals surface area contributed by atoms with E-state index >= 15 is 0 Å². The van der Waals surface area contributed by atoms with Crippen LogP contribution < -0.4 is 10.5 Å². The molecule has 2 rings (SSSR count). The van der Waals surface area contributed by atoms with Gasteiger partial charge in [-0.2, -0.15) is 13.2 Å². The van der Waals surface area contributed by atoms with Crippen molar-refractivity contribution in [2.45, 2.75) is 6.18 Å². The molecule has 2 N–H and O–H groups in total. The van der Waals surface area contributed by atoms with Crippen molar-refractivity contribution < 1.29 is 17.9 Å². The van der Waals surface area contributed by atoms with Crippen molar-refractivity contribution in [1.29, 1.82) is 0 Å². The van der Waals surface area contributed by atoms with Gasteiger partial charge in [0.25, 0.3) is 0 Å². The minimum atomic E-state index is -4.35. The predicted molar refractivity (Wildman–Crippen MR) is 67.8 cm³/mol. The van der Waals surface area contributed by atoms with Crippen LogP contribution in [0.4, 0.5) is 18.9 Å². The number of hydrogen-bond acceptors (Lipinski definition) is 2. The molecule has 0 atom stereocenters. The number of rotatable bonds is 2. The van der Waals surface area contributed by atoms with E-state index in [0.717, 1.165) is 12.1 Å². The second-order valence-corrected chi connectivity index (χ2v) is 4.04. The molecule has 0 aliphatic heterocycles. The maximum atomic E-state index is 12.6. The summed E-state index contributed by atoms with van der Waals surface area (Å²) in [4.78, 5) is 0. The van der Waals surface area contributed by atoms with Crippen LogP contribution in [0.1, 0.15) is 5.56 Å². The number of anilines is 1. The number of ether oxygens (including phenoxy) is 1. The second-order valence-electron chi connectivity index (χ2n) is 4.04. The highest BCUT2D eigenvalue weighted by atomic mass is 19.4. The van der Waals surface area contributed by atoms with E-state index in [1.807, 2.05) is 0 Å². The van der Waals surface area contributed by atoms with Gasteiger partial charge in [-0.05, 0) is 35.4 Å². The smallest absolute Gasteiger partial charge is 0.416 e. The van der Waals surface area contributed by atoms with Crippen LogP contribution in [0.25, 0.3) is 11.1 Å². The molecular weight excluding hydrogens is 255 g/mol. The molecule has 0 aliphatic carbocycles. The van der Waals surface area contributed by atoms with Crippen LogP contribution in [0.5, 0.6) is 5.75 Å². The molecule has 0 radical (unpaired) electrons. The number of nitrogen functional groups attached to an aromatic ring is 1. The number of hydrogen-bond donors (Lipinski definition) is 1. The summed E-state index contributed by atoms with van der Waals surface area (Å²) in [5, 5.41) is 0. The Morgan fingerprint density at radius 3 is 2.32 bits per heavy atom. The molecule has 19 heavy (non-hydrogen) atoms. The molecule has 0 amide bonds. The molecule has 0 heterocycles. The van der Waals surface area contributed by atoms with Gasteiger partial charge in [-0.25, -0.2) is 0 Å². The summed E-state index contributed by atoms with van der Waals surface area (Å²) in [7, 11) is 1.46. The Morgan fingerprint density at radius 1 is 1.00 bits per heavy atom. The van der Waals surface area contributed by atoms with Gasteiger partial charge in [0.2, 0.25) is 0 Å². The highest BCUT2D eigenvalue weighted by Gasteiger charge is 2.30. The van der Waals surface area contributed by atoms with Crippen molar-refractivity contribution in [2.75, 3.05) is 12.8 Å². The minimum absolute atomic E-state index is 0.440. The first-order valence-electron chi connectivity index (χ1n) is 5.53. The second kappa shape index (κ2) is 4.84. The van der Waals surface area contributed by atoms with Gasteiger partial charge in [-0.3, -0.25) is 0 Å². The minimum Gasteiger partial charge on any atom is -0.495 e. The summed E-state index contributed by atoms with van der Waals surface area (Å²) in [6.45, 7) is 0. The Balaban J connectivity index is 2.47. The highest BCUT2D eigenvalue weighted by molar-refractivity contribution is 5.70. The van der Waals surface area contributed by atoms with Gasteiger partial charge in [0, 0.05) is 0 Å². The third-order valence-electron chi connectivity index (χ3n) is 2.76. The fraction of sp³-hybridized carbons (Fsp3) is 0.143. The van der Waals surface area contributed by atoms with E-state index in [1.54, 1.807) is 24.3 Å². The molecule has 0 saturated carbocycles. The molecule has 2 aromatic carbocycles. The van der Waals surface area contributed by atoms with E-state index in [4.69, 9.17) is 10.5 Å². The molecule has 0 bridgehead atoms. The van der Waals surface area contributed by atoms with Crippen molar-refractivity contribution in [3.63, 3.8) is 0 Å². The standard InChI is InChI=1S/C14H12F3NO/c1-19-13-8-10(5-6-12(13)18)9-3-2-4-11(7-9)14(15,16)17/h2-8H,18H2,1H3. The lowest BCUT2D eigenvalue weighted by atomic mass is 10.0. The third kappa shape index (κ3) is 2.81. The molecule has 0 saturated heterocycles. The summed E-state index contributed by atoms with van der Waals surface area (Å²) < 4.78 is 43.0. The SMILES string of the molecule is COc1cc(-c2cccc(C(F)(F)F)c2)ccc1N. The van der Waals surface area contributed by atoms with E-state index in [2.05, 4.69) is 0 Å². The fourth-order valence-electron chi connectivity index (χ4n) is 1.77. The van der Waals surface area contributed by atoms with E-state index in [1.165, 1.54) is 13.2 Å². The first-order valence-corrected chi connectivity index (χ1v) is 5.53. The van der Waals surface area contributed by atoms with Gasteiger partial charge in [-0.15, -0.1) is 0 Å². The van der Waals surface area contributed by atoms with Gasteiger partial charge < -0.3 is 10.5 Å². The van der Waals surface area contributed by atoms with Crippen LogP contribution in [0.2, 0.25) is 0 Å². The highest BCUT2D eigenvalue weighted by Crippen LogP contribution is 2.34. The topological polar surface area (TPSA) is 35.2 Å². The average Bonchev–Trinajstić information content (AvgIpc) is 2.38. The van der Waals surface area contributed by atoms with Crippen molar-refractivity contribution in [2.24, 2.45) is 0 Å². The molecule has 2 aromatic rings. The predicted octanol–water partition coefficient (Wildman–Crippen LogP) is 3.96. The van der Waals surface area contributed by atoms with E-state index < -0.39 is 11.7 Å². The van der Waals surface area contributed by atoms with Gasteiger partial charge in [0.1, 0.15) is 5.75 Å². The largest absolute Gasteiger partial charge is 0.495 e.